The second-order valence-corrected chi connectivity index (χ2v) is 4.80. The minimum atomic E-state index is -1.70. The second kappa shape index (κ2) is 4.84. The van der Waals surface area contributed by atoms with Crippen molar-refractivity contribution in [2.75, 3.05) is 0 Å². The number of aliphatic carboxylic acids is 1. The Hall–Kier alpha value is -1.76. The van der Waals surface area contributed by atoms with E-state index in [4.69, 9.17) is 5.11 Å². The highest BCUT2D eigenvalue weighted by molar-refractivity contribution is 7.86. The molecule has 0 aromatic heterocycles. The first-order valence-electron chi connectivity index (χ1n) is 4.31. The van der Waals surface area contributed by atoms with Gasteiger partial charge in [-0.2, -0.15) is 0 Å². The second-order valence-electron chi connectivity index (χ2n) is 3.03. The maximum absolute atomic E-state index is 11.6. The molecule has 1 rings (SSSR count). The highest BCUT2D eigenvalue weighted by Gasteiger charge is 2.20. The largest absolute Gasteiger partial charge is 0.480 e. The predicted molar refractivity (Wildman–Crippen MR) is 56.6 cm³/mol. The molecule has 1 aromatic carbocycles. The number of carboxylic acid groups (broad SMARTS) is 1. The molecule has 0 aliphatic rings. The lowest BCUT2D eigenvalue weighted by molar-refractivity contribution is -0.384. The fourth-order valence-electron chi connectivity index (χ4n) is 0.998. The van der Waals surface area contributed by atoms with Gasteiger partial charge in [0, 0.05) is 17.0 Å². The minimum absolute atomic E-state index is 0.122. The number of carbonyl (C=O) groups is 1. The van der Waals surface area contributed by atoms with Gasteiger partial charge in [0.05, 0.1) is 15.7 Å². The number of benzene rings is 1. The van der Waals surface area contributed by atoms with Gasteiger partial charge in [-0.05, 0) is 19.1 Å². The lowest BCUT2D eigenvalue weighted by atomic mass is 10.3. The fraction of sp³-hybridized carbons (Fsp3) is 0.222. The van der Waals surface area contributed by atoms with Crippen molar-refractivity contribution in [2.45, 2.75) is 17.1 Å². The van der Waals surface area contributed by atoms with E-state index in [0.29, 0.717) is 0 Å². The van der Waals surface area contributed by atoms with E-state index in [2.05, 4.69) is 0 Å². The molecule has 0 aliphatic carbocycles. The molecule has 0 saturated heterocycles. The van der Waals surface area contributed by atoms with Crippen LogP contribution in [0.1, 0.15) is 6.92 Å². The van der Waals surface area contributed by atoms with Crippen molar-refractivity contribution in [1.82, 2.24) is 0 Å². The predicted octanol–water partition coefficient (Wildman–Crippen LogP) is 1.18. The van der Waals surface area contributed by atoms with Gasteiger partial charge in [0.1, 0.15) is 5.25 Å². The van der Waals surface area contributed by atoms with Crippen LogP contribution in [0.25, 0.3) is 0 Å². The zero-order chi connectivity index (χ0) is 12.3. The SMILES string of the molecule is CC(C(=O)O)S(=O)c1ccc([N+](=O)[O-])cc1. The third-order valence-electron chi connectivity index (χ3n) is 1.95. The maximum Gasteiger partial charge on any atom is 0.319 e. The molecule has 0 saturated carbocycles. The summed E-state index contributed by atoms with van der Waals surface area (Å²) in [7, 11) is -1.70. The monoisotopic (exact) mass is 243 g/mol. The summed E-state index contributed by atoms with van der Waals surface area (Å²) in [5.41, 5.74) is -0.122. The van der Waals surface area contributed by atoms with Crippen molar-refractivity contribution >= 4 is 22.5 Å². The van der Waals surface area contributed by atoms with E-state index in [1.54, 1.807) is 0 Å². The minimum Gasteiger partial charge on any atom is -0.480 e. The Labute approximate surface area is 93.5 Å². The van der Waals surface area contributed by atoms with Gasteiger partial charge in [-0.1, -0.05) is 0 Å². The van der Waals surface area contributed by atoms with Crippen molar-refractivity contribution < 1.29 is 19.0 Å². The van der Waals surface area contributed by atoms with E-state index in [0.717, 1.165) is 0 Å². The van der Waals surface area contributed by atoms with Crippen LogP contribution in [0.5, 0.6) is 0 Å². The van der Waals surface area contributed by atoms with E-state index in [1.807, 2.05) is 0 Å². The Morgan fingerprint density at radius 1 is 1.44 bits per heavy atom. The van der Waals surface area contributed by atoms with E-state index in [9.17, 15) is 19.1 Å². The van der Waals surface area contributed by atoms with Crippen molar-refractivity contribution in [3.05, 3.63) is 34.4 Å². The molecule has 6 nitrogen and oxygen atoms in total. The third-order valence-corrected chi connectivity index (χ3v) is 3.53. The van der Waals surface area contributed by atoms with Crippen LogP contribution in [0.3, 0.4) is 0 Å². The first-order valence-corrected chi connectivity index (χ1v) is 5.52. The van der Waals surface area contributed by atoms with Gasteiger partial charge in [0.25, 0.3) is 5.69 Å². The van der Waals surface area contributed by atoms with Gasteiger partial charge in [0.15, 0.2) is 0 Å². The zero-order valence-electron chi connectivity index (χ0n) is 8.32. The van der Waals surface area contributed by atoms with Crippen LogP contribution < -0.4 is 0 Å². The van der Waals surface area contributed by atoms with Crippen molar-refractivity contribution in [3.8, 4) is 0 Å². The Balaban J connectivity index is 2.94. The molecule has 0 radical (unpaired) electrons. The van der Waals surface area contributed by atoms with Gasteiger partial charge >= 0.3 is 5.97 Å². The van der Waals surface area contributed by atoms with E-state index in [-0.39, 0.29) is 10.6 Å². The summed E-state index contributed by atoms with van der Waals surface area (Å²) in [4.78, 5) is 20.6. The number of nitrogens with zero attached hydrogens (tertiary/aromatic N) is 1. The molecule has 2 atom stereocenters. The molecule has 0 spiro atoms. The van der Waals surface area contributed by atoms with Crippen LogP contribution in [-0.2, 0) is 15.6 Å². The van der Waals surface area contributed by atoms with Gasteiger partial charge in [-0.3, -0.25) is 19.1 Å². The van der Waals surface area contributed by atoms with E-state index in [1.165, 1.54) is 31.2 Å². The number of non-ortho nitro benzene ring substituents is 1. The molecule has 86 valence electrons. The number of nitro benzene ring substituents is 1. The number of hydrogen-bond acceptors (Lipinski definition) is 4. The van der Waals surface area contributed by atoms with E-state index >= 15 is 0 Å². The normalized spacial score (nSPS) is 14.1. The first kappa shape index (κ1) is 12.3. The van der Waals surface area contributed by atoms with E-state index < -0.39 is 26.9 Å². The summed E-state index contributed by atoms with van der Waals surface area (Å²) in [6.07, 6.45) is 0. The Morgan fingerprint density at radius 3 is 2.31 bits per heavy atom. The topological polar surface area (TPSA) is 97.5 Å². The lowest BCUT2D eigenvalue weighted by Gasteiger charge is -2.05. The molecule has 0 amide bonds. The Bertz CT molecular complexity index is 442. The Kier molecular flexibility index (Phi) is 3.73. The molecule has 0 aliphatic heterocycles. The molecule has 1 N–H and O–H groups in total. The quantitative estimate of drug-likeness (QED) is 0.632. The van der Waals surface area contributed by atoms with Crippen LogP contribution in [-0.4, -0.2) is 25.5 Å². The molecular formula is C9H9NO5S. The van der Waals surface area contributed by atoms with Crippen molar-refractivity contribution in [1.29, 1.82) is 0 Å². The third kappa shape index (κ3) is 2.63. The summed E-state index contributed by atoms with van der Waals surface area (Å²) in [5.74, 6) is -1.17. The van der Waals surface area contributed by atoms with Crippen LogP contribution in [0, 0.1) is 10.1 Å². The van der Waals surface area contributed by atoms with Crippen LogP contribution in [0.15, 0.2) is 29.2 Å². The van der Waals surface area contributed by atoms with Crippen LogP contribution >= 0.6 is 0 Å². The average Bonchev–Trinajstić information content (AvgIpc) is 2.27. The fourth-order valence-corrected chi connectivity index (χ4v) is 1.99. The molecule has 7 heteroatoms. The van der Waals surface area contributed by atoms with Gasteiger partial charge in [0.2, 0.25) is 0 Å². The summed E-state index contributed by atoms with van der Waals surface area (Å²) in [6, 6.07) is 4.99. The smallest absolute Gasteiger partial charge is 0.319 e. The number of hydrogen-bond donors (Lipinski definition) is 1. The molecule has 16 heavy (non-hydrogen) atoms. The molecule has 0 heterocycles. The average molecular weight is 243 g/mol. The summed E-state index contributed by atoms with van der Waals surface area (Å²) in [5, 5.41) is 18.0. The summed E-state index contributed by atoms with van der Waals surface area (Å²) < 4.78 is 11.6. The highest BCUT2D eigenvalue weighted by Crippen LogP contribution is 2.16. The molecule has 2 unspecified atom stereocenters. The molecular weight excluding hydrogens is 234 g/mol. The van der Waals surface area contributed by atoms with Crippen LogP contribution in [0.2, 0.25) is 0 Å². The van der Waals surface area contributed by atoms with Crippen molar-refractivity contribution in [2.24, 2.45) is 0 Å². The van der Waals surface area contributed by atoms with Crippen molar-refractivity contribution in [3.63, 3.8) is 0 Å². The lowest BCUT2D eigenvalue weighted by Crippen LogP contribution is -2.21. The Morgan fingerprint density at radius 2 is 1.94 bits per heavy atom. The zero-order valence-corrected chi connectivity index (χ0v) is 9.14. The number of carboxylic acids is 1. The summed E-state index contributed by atoms with van der Waals surface area (Å²) >= 11 is 0. The number of nitro groups is 1. The standard InChI is InChI=1S/C9H9NO5S/c1-6(9(11)12)16(15)8-4-2-7(3-5-8)10(13)14/h2-6H,1H3,(H,11,12). The van der Waals surface area contributed by atoms with Gasteiger partial charge < -0.3 is 5.11 Å². The molecule has 0 bridgehead atoms. The number of rotatable bonds is 4. The first-order chi connectivity index (χ1) is 7.43. The van der Waals surface area contributed by atoms with Gasteiger partial charge in [-0.25, -0.2) is 0 Å². The maximum atomic E-state index is 11.6. The van der Waals surface area contributed by atoms with Crippen LogP contribution in [0.4, 0.5) is 5.69 Å². The highest BCUT2D eigenvalue weighted by atomic mass is 32.2. The summed E-state index contributed by atoms with van der Waals surface area (Å²) in [6.45, 7) is 1.32. The molecule has 1 aromatic rings. The van der Waals surface area contributed by atoms with Gasteiger partial charge in [-0.15, -0.1) is 0 Å². The molecule has 0 fully saturated rings.